The molecule has 0 amide bonds. The number of rotatable bonds is 1. The van der Waals surface area contributed by atoms with Crippen molar-refractivity contribution in [2.24, 2.45) is 0 Å². The molecule has 3 aromatic rings. The number of hydrogen-bond acceptors (Lipinski definition) is 4. The fourth-order valence-electron chi connectivity index (χ4n) is 2.73. The van der Waals surface area contributed by atoms with Gasteiger partial charge in [-0.2, -0.15) is 0 Å². The first kappa shape index (κ1) is 12.4. The Labute approximate surface area is 126 Å². The third-order valence-corrected chi connectivity index (χ3v) is 5.19. The molecule has 20 heavy (non-hydrogen) atoms. The fourth-order valence-corrected chi connectivity index (χ4v) is 4.09. The van der Waals surface area contributed by atoms with Crippen molar-refractivity contribution in [3.05, 3.63) is 29.3 Å². The molecule has 1 aromatic carbocycles. The van der Waals surface area contributed by atoms with Crippen LogP contribution in [-0.2, 0) is 0 Å². The zero-order valence-corrected chi connectivity index (χ0v) is 12.5. The molecule has 3 heterocycles. The smallest absolute Gasteiger partial charge is 0.187 e. The van der Waals surface area contributed by atoms with E-state index in [0.29, 0.717) is 0 Å². The van der Waals surface area contributed by atoms with E-state index in [0.717, 1.165) is 44.5 Å². The van der Waals surface area contributed by atoms with Crippen molar-refractivity contribution in [3.8, 4) is 0 Å². The van der Waals surface area contributed by atoms with Gasteiger partial charge in [0.25, 0.3) is 0 Å². The molecule has 0 atom stereocenters. The molecule has 0 spiro atoms. The monoisotopic (exact) mass is 303 g/mol. The first-order valence-corrected chi connectivity index (χ1v) is 8.12. The molecule has 0 aliphatic carbocycles. The Morgan fingerprint density at radius 2 is 1.85 bits per heavy atom. The lowest BCUT2D eigenvalue weighted by molar-refractivity contribution is 0.577. The van der Waals surface area contributed by atoms with E-state index in [4.69, 9.17) is 21.6 Å². The van der Waals surface area contributed by atoms with E-state index in [9.17, 15) is 0 Å². The molecule has 0 unspecified atom stereocenters. The standard InChI is InChI=1S/C15H14ClN3S/c16-12-10-6-2-3-7-11(10)17-14-13(12)18-15(20-14)19-8-4-1-5-9-19/h2-3,6-7H,1,4-5,8-9H2. The maximum Gasteiger partial charge on any atom is 0.187 e. The summed E-state index contributed by atoms with van der Waals surface area (Å²) in [7, 11) is 0. The molecule has 4 rings (SSSR count). The summed E-state index contributed by atoms with van der Waals surface area (Å²) >= 11 is 8.16. The molecule has 3 nitrogen and oxygen atoms in total. The van der Waals surface area contributed by atoms with E-state index >= 15 is 0 Å². The molecule has 0 bridgehead atoms. The van der Waals surface area contributed by atoms with Crippen LogP contribution in [0.15, 0.2) is 24.3 Å². The van der Waals surface area contributed by atoms with Crippen LogP contribution in [-0.4, -0.2) is 23.1 Å². The van der Waals surface area contributed by atoms with Gasteiger partial charge < -0.3 is 4.90 Å². The van der Waals surface area contributed by atoms with E-state index in [1.807, 2.05) is 24.3 Å². The maximum absolute atomic E-state index is 6.51. The second kappa shape index (κ2) is 4.86. The van der Waals surface area contributed by atoms with Gasteiger partial charge in [-0.3, -0.25) is 0 Å². The summed E-state index contributed by atoms with van der Waals surface area (Å²) in [4.78, 5) is 12.7. The fraction of sp³-hybridized carbons (Fsp3) is 0.333. The highest BCUT2D eigenvalue weighted by molar-refractivity contribution is 7.22. The summed E-state index contributed by atoms with van der Waals surface area (Å²) < 4.78 is 0. The molecule has 2 aromatic heterocycles. The molecule has 0 radical (unpaired) electrons. The van der Waals surface area contributed by atoms with Crippen molar-refractivity contribution in [1.82, 2.24) is 9.97 Å². The minimum atomic E-state index is 0.727. The van der Waals surface area contributed by atoms with Crippen molar-refractivity contribution < 1.29 is 0 Å². The lowest BCUT2D eigenvalue weighted by Crippen LogP contribution is -2.29. The molecule has 0 N–H and O–H groups in total. The molecule has 1 aliphatic heterocycles. The summed E-state index contributed by atoms with van der Waals surface area (Å²) in [5, 5.41) is 2.77. The summed E-state index contributed by atoms with van der Waals surface area (Å²) in [5.74, 6) is 0. The van der Waals surface area contributed by atoms with Gasteiger partial charge in [-0.1, -0.05) is 41.1 Å². The molecular weight excluding hydrogens is 290 g/mol. The van der Waals surface area contributed by atoms with Gasteiger partial charge in [-0.25, -0.2) is 9.97 Å². The van der Waals surface area contributed by atoms with Crippen LogP contribution in [0.25, 0.3) is 21.3 Å². The number of thiazole rings is 1. The van der Waals surface area contributed by atoms with Crippen LogP contribution in [0.3, 0.4) is 0 Å². The van der Waals surface area contributed by atoms with Gasteiger partial charge in [0.1, 0.15) is 10.3 Å². The zero-order chi connectivity index (χ0) is 13.5. The van der Waals surface area contributed by atoms with Gasteiger partial charge in [-0.15, -0.1) is 0 Å². The third-order valence-electron chi connectivity index (χ3n) is 3.79. The van der Waals surface area contributed by atoms with Gasteiger partial charge in [0.05, 0.1) is 10.5 Å². The predicted molar refractivity (Wildman–Crippen MR) is 86.0 cm³/mol. The maximum atomic E-state index is 6.51. The Hall–Kier alpha value is -1.39. The van der Waals surface area contributed by atoms with Gasteiger partial charge in [0, 0.05) is 18.5 Å². The Morgan fingerprint density at radius 3 is 2.70 bits per heavy atom. The average molecular weight is 304 g/mol. The van der Waals surface area contributed by atoms with E-state index < -0.39 is 0 Å². The summed E-state index contributed by atoms with van der Waals surface area (Å²) in [6.45, 7) is 2.19. The SMILES string of the molecule is Clc1c2ccccc2nc2sc(N3CCCCC3)nc12. The molecule has 5 heteroatoms. The largest absolute Gasteiger partial charge is 0.348 e. The Balaban J connectivity index is 1.89. The summed E-state index contributed by atoms with van der Waals surface area (Å²) in [6, 6.07) is 7.98. The van der Waals surface area contributed by atoms with Gasteiger partial charge in [0.2, 0.25) is 0 Å². The van der Waals surface area contributed by atoms with Crippen molar-refractivity contribution in [3.63, 3.8) is 0 Å². The molecular formula is C15H14ClN3S. The van der Waals surface area contributed by atoms with Crippen LogP contribution < -0.4 is 4.90 Å². The summed E-state index contributed by atoms with van der Waals surface area (Å²) in [5.41, 5.74) is 1.79. The number of halogens is 1. The second-order valence-electron chi connectivity index (χ2n) is 5.14. The average Bonchev–Trinajstić information content (AvgIpc) is 2.93. The quantitative estimate of drug-likeness (QED) is 0.663. The molecule has 0 saturated carbocycles. The number of hydrogen-bond donors (Lipinski definition) is 0. The second-order valence-corrected chi connectivity index (χ2v) is 6.47. The van der Waals surface area contributed by atoms with Crippen molar-refractivity contribution in [2.75, 3.05) is 18.0 Å². The first-order chi connectivity index (χ1) is 9.83. The van der Waals surface area contributed by atoms with Crippen LogP contribution in [0.1, 0.15) is 19.3 Å². The van der Waals surface area contributed by atoms with Crippen molar-refractivity contribution in [2.45, 2.75) is 19.3 Å². The summed E-state index contributed by atoms with van der Waals surface area (Å²) in [6.07, 6.45) is 3.82. The predicted octanol–water partition coefficient (Wildman–Crippen LogP) is 4.49. The van der Waals surface area contributed by atoms with Gasteiger partial charge in [0.15, 0.2) is 5.13 Å². The molecule has 1 fully saturated rings. The van der Waals surface area contributed by atoms with Gasteiger partial charge >= 0.3 is 0 Å². The van der Waals surface area contributed by atoms with E-state index in [-0.39, 0.29) is 0 Å². The van der Waals surface area contributed by atoms with Crippen LogP contribution in [0.4, 0.5) is 5.13 Å². The van der Waals surface area contributed by atoms with Crippen LogP contribution in [0, 0.1) is 0 Å². The number of fused-ring (bicyclic) bond motifs is 2. The minimum Gasteiger partial charge on any atom is -0.348 e. The molecule has 1 saturated heterocycles. The van der Waals surface area contributed by atoms with Crippen LogP contribution in [0.2, 0.25) is 5.02 Å². The van der Waals surface area contributed by atoms with Crippen molar-refractivity contribution >= 4 is 49.3 Å². The number of aromatic nitrogens is 2. The number of para-hydroxylation sites is 1. The minimum absolute atomic E-state index is 0.727. The Bertz CT molecular complexity index is 777. The third kappa shape index (κ3) is 1.95. The van der Waals surface area contributed by atoms with E-state index in [1.165, 1.54) is 19.3 Å². The van der Waals surface area contributed by atoms with Crippen LogP contribution >= 0.6 is 22.9 Å². The first-order valence-electron chi connectivity index (χ1n) is 6.93. The highest BCUT2D eigenvalue weighted by Crippen LogP contribution is 2.36. The highest BCUT2D eigenvalue weighted by atomic mass is 35.5. The Kier molecular flexibility index (Phi) is 3.00. The highest BCUT2D eigenvalue weighted by Gasteiger charge is 2.18. The van der Waals surface area contributed by atoms with Gasteiger partial charge in [-0.05, 0) is 25.3 Å². The topological polar surface area (TPSA) is 29.0 Å². The van der Waals surface area contributed by atoms with E-state index in [2.05, 4.69) is 4.90 Å². The number of piperidine rings is 1. The number of benzene rings is 1. The van der Waals surface area contributed by atoms with Crippen LogP contribution in [0.5, 0.6) is 0 Å². The number of nitrogens with zero attached hydrogens (tertiary/aromatic N) is 3. The Morgan fingerprint density at radius 1 is 1.05 bits per heavy atom. The van der Waals surface area contributed by atoms with E-state index in [1.54, 1.807) is 11.3 Å². The van der Waals surface area contributed by atoms with Crippen molar-refractivity contribution in [1.29, 1.82) is 0 Å². The number of pyridine rings is 1. The molecule has 102 valence electrons. The normalized spacial score (nSPS) is 16.1. The number of anilines is 1. The molecule has 1 aliphatic rings. The lowest BCUT2D eigenvalue weighted by Gasteiger charge is -2.25. The lowest BCUT2D eigenvalue weighted by atomic mass is 10.1. The zero-order valence-electron chi connectivity index (χ0n) is 11.0.